The van der Waals surface area contributed by atoms with Gasteiger partial charge < -0.3 is 15.0 Å². The first-order valence-electron chi connectivity index (χ1n) is 10.9. The molecule has 1 atom stereocenters. The highest BCUT2D eigenvalue weighted by Crippen LogP contribution is 2.30. The number of ketones is 2. The average molecular weight is 434 g/mol. The summed E-state index contributed by atoms with van der Waals surface area (Å²) in [5, 5.41) is 2.79. The quantitative estimate of drug-likeness (QED) is 0.753. The Morgan fingerprint density at radius 2 is 1.84 bits per heavy atom. The molecule has 0 aromatic heterocycles. The van der Waals surface area contributed by atoms with Crippen LogP contribution in [0.3, 0.4) is 0 Å². The molecular weight excluding hydrogens is 408 g/mol. The minimum Gasteiger partial charge on any atom is -0.367 e. The molecule has 32 heavy (non-hydrogen) atoms. The lowest BCUT2D eigenvalue weighted by Crippen LogP contribution is -2.42. The van der Waals surface area contributed by atoms with Gasteiger partial charge in [0.25, 0.3) is 5.91 Å². The molecule has 166 valence electrons. The topological polar surface area (TPSA) is 92.8 Å². The van der Waals surface area contributed by atoms with Crippen LogP contribution in [-0.2, 0) is 32.3 Å². The molecular formula is C25H26N2O5. The Morgan fingerprint density at radius 3 is 2.66 bits per heavy atom. The zero-order valence-electron chi connectivity index (χ0n) is 17.8. The maximum Gasteiger partial charge on any atom is 0.255 e. The molecule has 1 unspecified atom stereocenters. The van der Waals surface area contributed by atoms with Crippen molar-refractivity contribution >= 4 is 29.1 Å². The molecule has 4 rings (SSSR count). The molecule has 0 spiro atoms. The summed E-state index contributed by atoms with van der Waals surface area (Å²) in [6.45, 7) is 0.564. The number of benzene rings is 2. The van der Waals surface area contributed by atoms with Crippen molar-refractivity contribution in [1.29, 1.82) is 0 Å². The lowest BCUT2D eigenvalue weighted by Gasteiger charge is -2.27. The van der Waals surface area contributed by atoms with E-state index in [2.05, 4.69) is 5.32 Å². The fourth-order valence-electron chi connectivity index (χ4n) is 4.25. The monoisotopic (exact) mass is 434 g/mol. The van der Waals surface area contributed by atoms with E-state index in [1.165, 1.54) is 0 Å². The van der Waals surface area contributed by atoms with Gasteiger partial charge in [0.15, 0.2) is 5.78 Å². The lowest BCUT2D eigenvalue weighted by molar-refractivity contribution is -0.126. The summed E-state index contributed by atoms with van der Waals surface area (Å²) < 4.78 is 5.46. The van der Waals surface area contributed by atoms with E-state index in [-0.39, 0.29) is 30.0 Å². The minimum absolute atomic E-state index is 0.0164. The molecule has 2 aliphatic rings. The van der Waals surface area contributed by atoms with Crippen LogP contribution in [0.2, 0.25) is 0 Å². The summed E-state index contributed by atoms with van der Waals surface area (Å²) in [5.74, 6) is -0.319. The second-order valence-corrected chi connectivity index (χ2v) is 8.24. The number of nitrogens with one attached hydrogen (secondary N) is 1. The summed E-state index contributed by atoms with van der Waals surface area (Å²) in [6, 6.07) is 14.2. The maximum absolute atomic E-state index is 12.9. The van der Waals surface area contributed by atoms with Crippen LogP contribution in [0.25, 0.3) is 0 Å². The molecule has 7 nitrogen and oxygen atoms in total. The van der Waals surface area contributed by atoms with Crippen LogP contribution >= 0.6 is 0 Å². The Balaban J connectivity index is 1.36. The Kier molecular flexibility index (Phi) is 6.75. The Morgan fingerprint density at radius 1 is 1.03 bits per heavy atom. The molecule has 1 N–H and O–H groups in total. The normalized spacial score (nSPS) is 18.8. The van der Waals surface area contributed by atoms with E-state index in [1.807, 2.05) is 30.3 Å². The standard InChI is InChI=1S/C25H26N2O5/c28-20-7-4-8-23(29)22(12-10-20)27-14-18-13-19(9-11-21(18)25(27)31)26-24(30)16-32-15-17-5-2-1-3-6-17/h1-3,5-6,9,11,13,22H,4,7-8,10,12,14-16H2,(H,26,30). The van der Waals surface area contributed by atoms with Gasteiger partial charge in [-0.2, -0.15) is 0 Å². The number of carbonyl (C=O) groups is 4. The smallest absolute Gasteiger partial charge is 0.255 e. The fraction of sp³-hybridized carbons (Fsp3) is 0.360. The fourth-order valence-corrected chi connectivity index (χ4v) is 4.25. The van der Waals surface area contributed by atoms with E-state index < -0.39 is 6.04 Å². The van der Waals surface area contributed by atoms with Gasteiger partial charge in [-0.05, 0) is 42.2 Å². The number of rotatable bonds is 6. The van der Waals surface area contributed by atoms with Crippen LogP contribution in [0.1, 0.15) is 53.6 Å². The molecule has 1 aliphatic heterocycles. The molecule has 0 saturated heterocycles. The molecule has 1 aliphatic carbocycles. The summed E-state index contributed by atoms with van der Waals surface area (Å²) >= 11 is 0. The predicted molar refractivity (Wildman–Crippen MR) is 118 cm³/mol. The Labute approximate surface area is 186 Å². The average Bonchev–Trinajstić information content (AvgIpc) is 3.09. The number of amides is 2. The van der Waals surface area contributed by atoms with Crippen molar-refractivity contribution in [3.8, 4) is 0 Å². The van der Waals surface area contributed by atoms with Gasteiger partial charge in [0.05, 0.1) is 12.6 Å². The summed E-state index contributed by atoms with van der Waals surface area (Å²) in [5.41, 5.74) is 2.86. The van der Waals surface area contributed by atoms with Gasteiger partial charge in [-0.25, -0.2) is 0 Å². The van der Waals surface area contributed by atoms with Crippen molar-refractivity contribution in [2.75, 3.05) is 11.9 Å². The zero-order chi connectivity index (χ0) is 22.5. The van der Waals surface area contributed by atoms with Gasteiger partial charge in [0.1, 0.15) is 12.4 Å². The number of ether oxygens (including phenoxy) is 1. The summed E-state index contributed by atoms with van der Waals surface area (Å²) in [4.78, 5) is 51.2. The molecule has 1 heterocycles. The van der Waals surface area contributed by atoms with E-state index in [4.69, 9.17) is 4.74 Å². The number of fused-ring (bicyclic) bond motifs is 1. The maximum atomic E-state index is 12.9. The third-order valence-electron chi connectivity index (χ3n) is 5.89. The van der Waals surface area contributed by atoms with Gasteiger partial charge in [0, 0.05) is 37.1 Å². The van der Waals surface area contributed by atoms with Gasteiger partial charge in [-0.15, -0.1) is 0 Å². The van der Waals surface area contributed by atoms with Crippen molar-refractivity contribution in [1.82, 2.24) is 4.90 Å². The lowest BCUT2D eigenvalue weighted by atomic mass is 9.94. The largest absolute Gasteiger partial charge is 0.367 e. The van der Waals surface area contributed by atoms with Crippen molar-refractivity contribution < 1.29 is 23.9 Å². The van der Waals surface area contributed by atoms with Crippen molar-refractivity contribution in [2.24, 2.45) is 0 Å². The number of anilines is 1. The van der Waals surface area contributed by atoms with Crippen molar-refractivity contribution in [3.63, 3.8) is 0 Å². The number of Topliss-reactive ketones (excluding diaryl/α,β-unsaturated/α-hetero) is 2. The summed E-state index contributed by atoms with van der Waals surface area (Å²) in [7, 11) is 0. The minimum atomic E-state index is -0.566. The molecule has 1 saturated carbocycles. The number of carbonyl (C=O) groups excluding carboxylic acids is 4. The van der Waals surface area contributed by atoms with Crippen LogP contribution < -0.4 is 5.32 Å². The van der Waals surface area contributed by atoms with Crippen LogP contribution in [0.15, 0.2) is 48.5 Å². The van der Waals surface area contributed by atoms with Gasteiger partial charge in [-0.1, -0.05) is 30.3 Å². The Hall–Kier alpha value is -3.32. The van der Waals surface area contributed by atoms with E-state index >= 15 is 0 Å². The molecule has 2 aromatic carbocycles. The number of nitrogens with zero attached hydrogens (tertiary/aromatic N) is 1. The highest BCUT2D eigenvalue weighted by molar-refractivity contribution is 6.02. The van der Waals surface area contributed by atoms with Gasteiger partial charge >= 0.3 is 0 Å². The molecule has 0 bridgehead atoms. The predicted octanol–water partition coefficient (Wildman–Crippen LogP) is 3.27. The molecule has 2 amide bonds. The van der Waals surface area contributed by atoms with Crippen LogP contribution in [-0.4, -0.2) is 40.9 Å². The molecule has 0 radical (unpaired) electrons. The van der Waals surface area contributed by atoms with E-state index in [0.29, 0.717) is 56.5 Å². The number of hydrogen-bond donors (Lipinski definition) is 1. The zero-order valence-corrected chi connectivity index (χ0v) is 17.8. The first-order chi connectivity index (χ1) is 15.5. The highest BCUT2D eigenvalue weighted by atomic mass is 16.5. The van der Waals surface area contributed by atoms with Crippen LogP contribution in [0.4, 0.5) is 5.69 Å². The van der Waals surface area contributed by atoms with Crippen molar-refractivity contribution in [2.45, 2.75) is 51.3 Å². The van der Waals surface area contributed by atoms with Gasteiger partial charge in [0.2, 0.25) is 5.91 Å². The molecule has 2 aromatic rings. The third kappa shape index (κ3) is 5.11. The third-order valence-corrected chi connectivity index (χ3v) is 5.89. The molecule has 7 heteroatoms. The first kappa shape index (κ1) is 21.9. The van der Waals surface area contributed by atoms with E-state index in [0.717, 1.165) is 11.1 Å². The highest BCUT2D eigenvalue weighted by Gasteiger charge is 2.36. The number of hydrogen-bond acceptors (Lipinski definition) is 5. The van der Waals surface area contributed by atoms with E-state index in [1.54, 1.807) is 23.1 Å². The first-order valence-corrected chi connectivity index (χ1v) is 10.9. The van der Waals surface area contributed by atoms with Crippen LogP contribution in [0, 0.1) is 0 Å². The Bertz CT molecular complexity index is 1030. The van der Waals surface area contributed by atoms with E-state index in [9.17, 15) is 19.2 Å². The van der Waals surface area contributed by atoms with Crippen LogP contribution in [0.5, 0.6) is 0 Å². The molecule has 1 fully saturated rings. The van der Waals surface area contributed by atoms with Crippen molar-refractivity contribution in [3.05, 3.63) is 65.2 Å². The second-order valence-electron chi connectivity index (χ2n) is 8.24. The second kappa shape index (κ2) is 9.87. The van der Waals surface area contributed by atoms with Gasteiger partial charge in [-0.3, -0.25) is 19.2 Å². The SMILES string of the molecule is O=C1CCCC(=O)C(N2Cc3cc(NC(=O)COCc4ccccc4)ccc3C2=O)CC1. The summed E-state index contributed by atoms with van der Waals surface area (Å²) in [6.07, 6.45) is 2.00.